The standard InChI is InChI=1S/C36H26ClN/c1-36(26-13-10-14-27(37)23-26)33-19-8-7-18-31(33)32-22-21-29(24-34(32)36)38(28-15-3-2-4-16-28)35-20-9-12-25-11-5-6-17-30(25)35/h2-24H,1H3. The van der Waals surface area contributed by atoms with Gasteiger partial charge in [-0.25, -0.2) is 0 Å². The van der Waals surface area contributed by atoms with Crippen molar-refractivity contribution in [2.45, 2.75) is 12.3 Å². The van der Waals surface area contributed by atoms with Crippen LogP contribution in [0.3, 0.4) is 0 Å². The Morgan fingerprint density at radius 2 is 1.26 bits per heavy atom. The van der Waals surface area contributed by atoms with Crippen LogP contribution in [0.15, 0.2) is 140 Å². The highest BCUT2D eigenvalue weighted by atomic mass is 35.5. The zero-order valence-corrected chi connectivity index (χ0v) is 21.9. The number of nitrogens with zero attached hydrogens (tertiary/aromatic N) is 1. The van der Waals surface area contributed by atoms with Gasteiger partial charge in [0, 0.05) is 27.2 Å². The van der Waals surface area contributed by atoms with Crippen molar-refractivity contribution in [2.75, 3.05) is 4.90 Å². The van der Waals surface area contributed by atoms with E-state index in [4.69, 9.17) is 11.6 Å². The van der Waals surface area contributed by atoms with E-state index in [0.29, 0.717) is 0 Å². The number of anilines is 3. The molecular formula is C36H26ClN. The van der Waals surface area contributed by atoms with Crippen LogP contribution in [0.2, 0.25) is 5.02 Å². The monoisotopic (exact) mass is 507 g/mol. The Kier molecular flexibility index (Phi) is 5.35. The summed E-state index contributed by atoms with van der Waals surface area (Å²) >= 11 is 6.53. The largest absolute Gasteiger partial charge is 0.310 e. The topological polar surface area (TPSA) is 3.24 Å². The Labute approximate surface area is 228 Å². The number of halogens is 1. The van der Waals surface area contributed by atoms with E-state index in [9.17, 15) is 0 Å². The van der Waals surface area contributed by atoms with E-state index in [2.05, 4.69) is 145 Å². The highest BCUT2D eigenvalue weighted by Crippen LogP contribution is 2.54. The second-order valence-electron chi connectivity index (χ2n) is 10.1. The third kappa shape index (κ3) is 3.47. The third-order valence-corrected chi connectivity index (χ3v) is 8.21. The lowest BCUT2D eigenvalue weighted by Crippen LogP contribution is -2.23. The van der Waals surface area contributed by atoms with E-state index in [-0.39, 0.29) is 5.41 Å². The third-order valence-electron chi connectivity index (χ3n) is 7.98. The molecule has 0 amide bonds. The summed E-state index contributed by atoms with van der Waals surface area (Å²) in [5.41, 5.74) is 9.46. The first-order valence-corrected chi connectivity index (χ1v) is 13.4. The highest BCUT2D eigenvalue weighted by Gasteiger charge is 2.41. The van der Waals surface area contributed by atoms with Gasteiger partial charge in [-0.05, 0) is 82.6 Å². The zero-order valence-electron chi connectivity index (χ0n) is 21.1. The van der Waals surface area contributed by atoms with E-state index in [0.717, 1.165) is 22.1 Å². The smallest absolute Gasteiger partial charge is 0.0540 e. The van der Waals surface area contributed by atoms with Crippen LogP contribution in [0.5, 0.6) is 0 Å². The SMILES string of the molecule is CC1(c2cccc(Cl)c2)c2ccccc2-c2ccc(N(c3ccccc3)c3cccc4ccccc34)cc21. The molecule has 6 aromatic carbocycles. The molecule has 182 valence electrons. The minimum atomic E-state index is -0.325. The van der Waals surface area contributed by atoms with E-state index in [1.807, 2.05) is 6.07 Å². The van der Waals surface area contributed by atoms with Crippen LogP contribution in [0.25, 0.3) is 21.9 Å². The average molecular weight is 508 g/mol. The van der Waals surface area contributed by atoms with Crippen LogP contribution in [-0.4, -0.2) is 0 Å². The van der Waals surface area contributed by atoms with Crippen LogP contribution in [0, 0.1) is 0 Å². The Morgan fingerprint density at radius 3 is 2.13 bits per heavy atom. The minimum Gasteiger partial charge on any atom is -0.310 e. The molecule has 0 fully saturated rings. The van der Waals surface area contributed by atoms with Gasteiger partial charge in [0.05, 0.1) is 5.69 Å². The molecule has 6 aromatic rings. The summed E-state index contributed by atoms with van der Waals surface area (Å²) < 4.78 is 0. The maximum absolute atomic E-state index is 6.53. The van der Waals surface area contributed by atoms with Gasteiger partial charge < -0.3 is 4.90 Å². The fraction of sp³-hybridized carbons (Fsp3) is 0.0556. The molecule has 2 heteroatoms. The number of fused-ring (bicyclic) bond motifs is 4. The Morgan fingerprint density at radius 1 is 0.553 bits per heavy atom. The lowest BCUT2D eigenvalue weighted by atomic mass is 9.74. The fourth-order valence-corrected chi connectivity index (χ4v) is 6.33. The van der Waals surface area contributed by atoms with Gasteiger partial charge in [0.2, 0.25) is 0 Å². The van der Waals surface area contributed by atoms with Crippen LogP contribution >= 0.6 is 11.6 Å². The number of rotatable bonds is 4. The maximum Gasteiger partial charge on any atom is 0.0540 e. The van der Waals surface area contributed by atoms with Crippen LogP contribution < -0.4 is 4.90 Å². The Balaban J connectivity index is 1.50. The molecule has 1 aliphatic carbocycles. The van der Waals surface area contributed by atoms with Crippen LogP contribution in [-0.2, 0) is 5.41 Å². The molecule has 1 unspecified atom stereocenters. The van der Waals surface area contributed by atoms with Crippen molar-refractivity contribution in [1.82, 2.24) is 0 Å². The van der Waals surface area contributed by atoms with Gasteiger partial charge >= 0.3 is 0 Å². The first kappa shape index (κ1) is 22.8. The number of para-hydroxylation sites is 1. The van der Waals surface area contributed by atoms with Gasteiger partial charge in [-0.15, -0.1) is 0 Å². The van der Waals surface area contributed by atoms with Gasteiger partial charge in [0.25, 0.3) is 0 Å². The van der Waals surface area contributed by atoms with Crippen molar-refractivity contribution in [1.29, 1.82) is 0 Å². The molecule has 0 N–H and O–H groups in total. The minimum absolute atomic E-state index is 0.325. The van der Waals surface area contributed by atoms with Gasteiger partial charge in [-0.1, -0.05) is 109 Å². The van der Waals surface area contributed by atoms with Crippen LogP contribution in [0.1, 0.15) is 23.6 Å². The number of hydrogen-bond donors (Lipinski definition) is 0. The molecule has 0 aliphatic heterocycles. The molecule has 1 nitrogen and oxygen atoms in total. The Bertz CT molecular complexity index is 1800. The van der Waals surface area contributed by atoms with Gasteiger partial charge in [-0.2, -0.15) is 0 Å². The van der Waals surface area contributed by atoms with Crippen molar-refractivity contribution in [3.63, 3.8) is 0 Å². The normalized spacial score (nSPS) is 15.7. The van der Waals surface area contributed by atoms with E-state index < -0.39 is 0 Å². The lowest BCUT2D eigenvalue weighted by molar-refractivity contribution is 0.714. The molecule has 0 saturated carbocycles. The molecule has 0 saturated heterocycles. The molecule has 0 bridgehead atoms. The molecule has 0 aromatic heterocycles. The Hall–Kier alpha value is -4.33. The van der Waals surface area contributed by atoms with Crippen molar-refractivity contribution >= 4 is 39.4 Å². The summed E-state index contributed by atoms with van der Waals surface area (Å²) in [5.74, 6) is 0. The summed E-state index contributed by atoms with van der Waals surface area (Å²) in [5, 5.41) is 3.20. The quantitative estimate of drug-likeness (QED) is 0.229. The van der Waals surface area contributed by atoms with Gasteiger partial charge in [0.1, 0.15) is 0 Å². The molecule has 38 heavy (non-hydrogen) atoms. The number of benzene rings is 6. The first-order valence-electron chi connectivity index (χ1n) is 13.0. The summed E-state index contributed by atoms with van der Waals surface area (Å²) in [6.07, 6.45) is 0. The fourth-order valence-electron chi connectivity index (χ4n) is 6.14. The van der Waals surface area contributed by atoms with Gasteiger partial charge in [-0.3, -0.25) is 0 Å². The molecule has 0 heterocycles. The highest BCUT2D eigenvalue weighted by molar-refractivity contribution is 6.30. The van der Waals surface area contributed by atoms with Crippen molar-refractivity contribution < 1.29 is 0 Å². The van der Waals surface area contributed by atoms with Gasteiger partial charge in [0.15, 0.2) is 0 Å². The first-order chi connectivity index (χ1) is 18.6. The lowest BCUT2D eigenvalue weighted by Gasteiger charge is -2.31. The van der Waals surface area contributed by atoms with E-state index >= 15 is 0 Å². The second kappa shape index (κ2) is 8.90. The van der Waals surface area contributed by atoms with Crippen LogP contribution in [0.4, 0.5) is 17.1 Å². The predicted molar refractivity (Wildman–Crippen MR) is 161 cm³/mol. The molecule has 1 atom stereocenters. The van der Waals surface area contributed by atoms with Crippen molar-refractivity contribution in [2.24, 2.45) is 0 Å². The summed E-state index contributed by atoms with van der Waals surface area (Å²) in [4.78, 5) is 2.38. The second-order valence-corrected chi connectivity index (χ2v) is 10.5. The molecule has 7 rings (SSSR count). The molecule has 0 radical (unpaired) electrons. The van der Waals surface area contributed by atoms with Crippen molar-refractivity contribution in [3.05, 3.63) is 161 Å². The van der Waals surface area contributed by atoms with E-state index in [1.165, 1.54) is 38.6 Å². The van der Waals surface area contributed by atoms with E-state index in [1.54, 1.807) is 0 Å². The molecule has 0 spiro atoms. The summed E-state index contributed by atoms with van der Waals surface area (Å²) in [6, 6.07) is 49.8. The molecule has 1 aliphatic rings. The predicted octanol–water partition coefficient (Wildman–Crippen LogP) is 10.3. The number of hydrogen-bond acceptors (Lipinski definition) is 1. The molecular weight excluding hydrogens is 482 g/mol. The maximum atomic E-state index is 6.53. The summed E-state index contributed by atoms with van der Waals surface area (Å²) in [6.45, 7) is 2.33. The van der Waals surface area contributed by atoms with Crippen molar-refractivity contribution in [3.8, 4) is 11.1 Å². The summed E-state index contributed by atoms with van der Waals surface area (Å²) in [7, 11) is 0. The average Bonchev–Trinajstić information content (AvgIpc) is 3.23. The zero-order chi connectivity index (χ0) is 25.7.